The van der Waals surface area contributed by atoms with Crippen molar-refractivity contribution >= 4 is 120 Å². The third kappa shape index (κ3) is 36.0. The zero-order valence-corrected chi connectivity index (χ0v) is 64.1. The summed E-state index contributed by atoms with van der Waals surface area (Å²) in [6, 6.07) is 0.263. The Morgan fingerprint density at radius 2 is 0.881 bits per heavy atom. The van der Waals surface area contributed by atoms with Gasteiger partial charge >= 0.3 is 0 Å². The third-order valence-corrected chi connectivity index (χ3v) is 17.7. The molecule has 0 saturated carbocycles. The molecule has 40 heteroatoms. The SMILES string of the molecule is CC(C)C[C@H](NC(=O)[C@H](CCCCN)NC(=O)[C@@H]1CCCN1C(=O)[C@H](CCCN=C(N)N)NC(=O)[C@H](CS)NC(=O)[C@H](CCCN=C(N)N)NC(=O)[C@H](CCCN=C(N)N)NC(=O)[C@H](CC(C)C)NC(=O)[C@H](Cc1ccccc1)NC(=O)CNC(=O)CNC(=O)[C@@H](N)Cc1ccc(O)cc1)C(=O)N[C@@H](CS)C(N)=O. The molecule has 0 radical (unpaired) electrons. The van der Waals surface area contributed by atoms with E-state index in [1.54, 1.807) is 56.3 Å². The number of carbonyl (C=O) groups excluding carboxylic acids is 13. The Balaban J connectivity index is 1.92. The molecule has 38 nitrogen and oxygen atoms in total. The summed E-state index contributed by atoms with van der Waals surface area (Å²) >= 11 is 8.50. The summed E-state index contributed by atoms with van der Waals surface area (Å²) in [7, 11) is 0. The molecule has 3 rings (SSSR count). The molecule has 109 heavy (non-hydrogen) atoms. The van der Waals surface area contributed by atoms with Gasteiger partial charge in [0.25, 0.3) is 0 Å². The number of aromatic hydroxyl groups is 1. The molecule has 1 fully saturated rings. The zero-order valence-electron chi connectivity index (χ0n) is 62.3. The standard InChI is InChI=1S/C69H114N24O14S2/c1-38(2)30-48(90-63(104)50(33-40-14-6-5-7-15-40)84-55(96)35-82-54(95)34-83-57(98)43(71)32-41-21-23-42(94)24-22-41)61(102)86-45(17-10-26-79-67(73)74)58(99)85-46(18-11-27-80-68(75)76)60(101)92-52(37-109)64(105)88-47(19-12-28-81-69(77)78)66(107)93-29-13-20-53(93)65(106)87-44(16-8-9-25-70)59(100)89-49(31-39(3)4)62(103)91-51(36-108)56(72)97/h5-7,14-15,21-24,38-39,43-53,94,108-109H,8-13,16-20,25-37,70-71H2,1-4H3,(H2,72,97)(H,82,95)(H,83,98)(H,84,96)(H,85,99)(H,86,102)(H,87,106)(H,88,105)(H,89,100)(H,90,104)(H,91,103)(H,92,101)(H4,73,74,79)(H4,75,76,80)(H4,77,78,81)/t43-,44-,45-,46-,47-,48-,49-,50-,51-,52-,53-/m0/s1. The maximum Gasteiger partial charge on any atom is 0.245 e. The number of nitrogens with one attached hydrogen (secondary N) is 11. The maximum absolute atomic E-state index is 14.8. The van der Waals surface area contributed by atoms with E-state index in [0.29, 0.717) is 30.4 Å². The number of nitrogens with two attached hydrogens (primary N) is 9. The fourth-order valence-corrected chi connectivity index (χ4v) is 11.9. The summed E-state index contributed by atoms with van der Waals surface area (Å²) in [6.45, 7) is 6.23. The van der Waals surface area contributed by atoms with Gasteiger partial charge in [-0.3, -0.25) is 77.3 Å². The fraction of sp³-hybridized carbons (Fsp3) is 0.594. The van der Waals surface area contributed by atoms with Crippen molar-refractivity contribution in [2.24, 2.45) is 78.4 Å². The minimum Gasteiger partial charge on any atom is -0.508 e. The number of hydrogen-bond acceptors (Lipinski definition) is 21. The second-order valence-corrected chi connectivity index (χ2v) is 27.8. The minimum atomic E-state index is -1.52. The lowest BCUT2D eigenvalue weighted by Crippen LogP contribution is -2.61. The number of phenolic OH excluding ortho intramolecular Hbond substituents is 1. The number of unbranched alkanes of at least 4 members (excludes halogenated alkanes) is 1. The molecule has 0 aliphatic carbocycles. The maximum atomic E-state index is 14.8. The van der Waals surface area contributed by atoms with Crippen LogP contribution in [0.4, 0.5) is 0 Å². The second-order valence-electron chi connectivity index (χ2n) is 27.1. The molecule has 0 aromatic heterocycles. The quantitative estimate of drug-likeness (QED) is 0.0127. The number of likely N-dealkylation sites (tertiary alicyclic amines) is 1. The van der Waals surface area contributed by atoms with E-state index in [1.807, 2.05) is 13.8 Å². The second kappa shape index (κ2) is 49.7. The Kier molecular flexibility index (Phi) is 42.4. The first kappa shape index (κ1) is 93.0. The van der Waals surface area contributed by atoms with Gasteiger partial charge in [-0.15, -0.1) is 0 Å². The van der Waals surface area contributed by atoms with E-state index in [2.05, 4.69) is 98.7 Å². The van der Waals surface area contributed by atoms with E-state index in [4.69, 9.17) is 51.6 Å². The predicted molar refractivity (Wildman–Crippen MR) is 417 cm³/mol. The van der Waals surface area contributed by atoms with Gasteiger partial charge in [-0.2, -0.15) is 25.3 Å². The Morgan fingerprint density at radius 3 is 1.36 bits per heavy atom. The molecule has 2 aromatic carbocycles. The Labute approximate surface area is 645 Å². The smallest absolute Gasteiger partial charge is 0.245 e. The van der Waals surface area contributed by atoms with Crippen molar-refractivity contribution in [3.05, 3.63) is 65.7 Å². The van der Waals surface area contributed by atoms with Crippen LogP contribution in [0.25, 0.3) is 0 Å². The average Bonchev–Trinajstić information content (AvgIpc) is 1.75. The number of aliphatic imine (C=N–C) groups is 3. The van der Waals surface area contributed by atoms with E-state index >= 15 is 0 Å². The average molecular weight is 1570 g/mol. The van der Waals surface area contributed by atoms with Crippen molar-refractivity contribution in [3.63, 3.8) is 0 Å². The van der Waals surface area contributed by atoms with Gasteiger partial charge in [-0.05, 0) is 132 Å². The van der Waals surface area contributed by atoms with Crippen LogP contribution < -0.4 is 110 Å². The lowest BCUT2D eigenvalue weighted by molar-refractivity contribution is -0.142. The van der Waals surface area contributed by atoms with Crippen LogP contribution in [-0.4, -0.2) is 228 Å². The van der Waals surface area contributed by atoms with Crippen molar-refractivity contribution in [1.29, 1.82) is 0 Å². The van der Waals surface area contributed by atoms with E-state index in [-0.39, 0.29) is 157 Å². The van der Waals surface area contributed by atoms with E-state index in [0.717, 1.165) is 0 Å². The minimum absolute atomic E-state index is 0.00376. The number of amides is 13. The van der Waals surface area contributed by atoms with Gasteiger partial charge in [0.1, 0.15) is 66.2 Å². The fourth-order valence-electron chi connectivity index (χ4n) is 11.4. The number of carbonyl (C=O) groups is 13. The highest BCUT2D eigenvalue weighted by Crippen LogP contribution is 2.22. The lowest BCUT2D eigenvalue weighted by Gasteiger charge is -2.31. The monoisotopic (exact) mass is 1570 g/mol. The van der Waals surface area contributed by atoms with Crippen LogP contribution in [0.2, 0.25) is 0 Å². The summed E-state index contributed by atoms with van der Waals surface area (Å²) in [5.41, 5.74) is 52.2. The van der Waals surface area contributed by atoms with Gasteiger partial charge in [0.2, 0.25) is 76.8 Å². The molecule has 1 saturated heterocycles. The molecular weight excluding hydrogens is 1450 g/mol. The van der Waals surface area contributed by atoms with Crippen LogP contribution in [0.5, 0.6) is 5.75 Å². The first-order chi connectivity index (χ1) is 51.7. The van der Waals surface area contributed by atoms with E-state index in [1.165, 1.54) is 17.0 Å². The summed E-state index contributed by atoms with van der Waals surface area (Å²) in [6.07, 6.45) is 1.34. The molecule has 13 amide bonds. The van der Waals surface area contributed by atoms with Crippen LogP contribution >= 0.6 is 25.3 Å². The Bertz CT molecular complexity index is 3420. The summed E-state index contributed by atoms with van der Waals surface area (Å²) in [5.74, 6) is -12.1. The molecule has 1 aliphatic rings. The molecule has 2 aromatic rings. The molecule has 0 spiro atoms. The van der Waals surface area contributed by atoms with Crippen molar-refractivity contribution in [2.75, 3.05) is 57.3 Å². The number of primary amides is 1. The van der Waals surface area contributed by atoms with Crippen LogP contribution in [0.1, 0.15) is 122 Å². The topological polar surface area (TPSA) is 649 Å². The largest absolute Gasteiger partial charge is 0.508 e. The summed E-state index contributed by atoms with van der Waals surface area (Å²) in [4.78, 5) is 194. The lowest BCUT2D eigenvalue weighted by atomic mass is 10.00. The number of thiol groups is 2. The third-order valence-electron chi connectivity index (χ3n) is 17.0. The molecule has 0 unspecified atom stereocenters. The number of phenols is 1. The van der Waals surface area contributed by atoms with Crippen LogP contribution in [0, 0.1) is 11.8 Å². The highest BCUT2D eigenvalue weighted by atomic mass is 32.1. The normalized spacial score (nSPS) is 15.2. The molecule has 30 N–H and O–H groups in total. The van der Waals surface area contributed by atoms with E-state index < -0.39 is 156 Å². The summed E-state index contributed by atoms with van der Waals surface area (Å²) in [5, 5.41) is 38.4. The van der Waals surface area contributed by atoms with Gasteiger partial charge < -0.3 is 120 Å². The van der Waals surface area contributed by atoms with Crippen LogP contribution in [-0.2, 0) is 75.2 Å². The van der Waals surface area contributed by atoms with Gasteiger partial charge in [-0.1, -0.05) is 70.2 Å². The van der Waals surface area contributed by atoms with Crippen LogP contribution in [0.3, 0.4) is 0 Å². The predicted octanol–water partition coefficient (Wildman–Crippen LogP) is -6.18. The van der Waals surface area contributed by atoms with Crippen molar-refractivity contribution in [1.82, 2.24) is 63.4 Å². The van der Waals surface area contributed by atoms with E-state index in [9.17, 15) is 67.4 Å². The molecule has 0 bridgehead atoms. The Hall–Kier alpha value is -10.2. The van der Waals surface area contributed by atoms with Crippen molar-refractivity contribution < 1.29 is 67.4 Å². The first-order valence-electron chi connectivity index (χ1n) is 36.2. The number of rotatable bonds is 50. The van der Waals surface area contributed by atoms with Crippen molar-refractivity contribution in [3.8, 4) is 5.75 Å². The van der Waals surface area contributed by atoms with Gasteiger partial charge in [0, 0.05) is 44.1 Å². The molecule has 11 atom stereocenters. The summed E-state index contributed by atoms with van der Waals surface area (Å²) < 4.78 is 0. The van der Waals surface area contributed by atoms with Gasteiger partial charge in [-0.25, -0.2) is 0 Å². The highest BCUT2D eigenvalue weighted by molar-refractivity contribution is 7.80. The van der Waals surface area contributed by atoms with Crippen LogP contribution in [0.15, 0.2) is 69.6 Å². The zero-order chi connectivity index (χ0) is 81.3. The van der Waals surface area contributed by atoms with Crippen molar-refractivity contribution in [2.45, 2.75) is 190 Å². The first-order valence-corrected chi connectivity index (χ1v) is 37.4. The molecular formula is C69H114N24O14S2. The molecule has 1 heterocycles. The Morgan fingerprint density at radius 1 is 0.468 bits per heavy atom. The molecule has 1 aliphatic heterocycles. The number of hydrogen-bond donors (Lipinski definition) is 23. The number of benzene rings is 2. The molecule has 606 valence electrons. The van der Waals surface area contributed by atoms with Gasteiger partial charge in [0.15, 0.2) is 17.9 Å². The number of nitrogens with zero attached hydrogens (tertiary/aromatic N) is 4. The number of guanidine groups is 3. The highest BCUT2D eigenvalue weighted by Gasteiger charge is 2.41. The van der Waals surface area contributed by atoms with Gasteiger partial charge in [0.05, 0.1) is 19.1 Å².